The molecule has 3 N–H and O–H groups in total. The highest BCUT2D eigenvalue weighted by atomic mass is 32.2. The molecule has 0 unspecified atom stereocenters. The minimum absolute atomic E-state index is 0.0369. The minimum atomic E-state index is -3.76. The number of hydrogen-bond acceptors (Lipinski definition) is 4. The van der Waals surface area contributed by atoms with Gasteiger partial charge in [0.25, 0.3) is 0 Å². The van der Waals surface area contributed by atoms with Gasteiger partial charge >= 0.3 is 5.69 Å². The molecule has 0 fully saturated rings. The maximum Gasteiger partial charge on any atom is 0.327 e. The number of rotatable bonds is 3. The van der Waals surface area contributed by atoms with Crippen LogP contribution in [-0.2, 0) is 10.0 Å². The zero-order valence-corrected chi connectivity index (χ0v) is 15.6. The van der Waals surface area contributed by atoms with E-state index in [1.165, 1.54) is 12.1 Å². The van der Waals surface area contributed by atoms with E-state index in [9.17, 15) is 13.2 Å². The number of sulfonamides is 1. The van der Waals surface area contributed by atoms with Crippen LogP contribution in [0.5, 0.6) is 0 Å². The monoisotopic (exact) mass is 382 g/mol. The summed E-state index contributed by atoms with van der Waals surface area (Å²) in [7, 11) is -3.76. The lowest BCUT2D eigenvalue weighted by molar-refractivity contribution is 0.597. The summed E-state index contributed by atoms with van der Waals surface area (Å²) in [5.74, 6) is 0. The first-order valence-electron chi connectivity index (χ1n) is 8.38. The summed E-state index contributed by atoms with van der Waals surface area (Å²) in [5.41, 5.74) is 3.88. The summed E-state index contributed by atoms with van der Waals surface area (Å²) in [6, 6.07) is 11.8. The zero-order valence-electron chi connectivity index (χ0n) is 14.8. The lowest BCUT2D eigenvalue weighted by Crippen LogP contribution is -2.21. The summed E-state index contributed by atoms with van der Waals surface area (Å²) >= 11 is 0. The molecule has 0 aliphatic carbocycles. The lowest BCUT2D eigenvalue weighted by atomic mass is 10.1. The fraction of sp³-hybridized carbons (Fsp3) is 0.158. The number of aromatic nitrogens is 3. The molecule has 0 amide bonds. The Morgan fingerprint density at radius 1 is 1.15 bits per heavy atom. The molecule has 1 atom stereocenters. The number of aromatic amines is 1. The number of nitrogens with zero attached hydrogens (tertiary/aromatic N) is 2. The van der Waals surface area contributed by atoms with E-state index >= 15 is 0 Å². The number of nitrogens with two attached hydrogens (primary N) is 1. The van der Waals surface area contributed by atoms with Gasteiger partial charge in [-0.1, -0.05) is 24.3 Å². The van der Waals surface area contributed by atoms with Crippen molar-refractivity contribution in [1.82, 2.24) is 14.5 Å². The van der Waals surface area contributed by atoms with E-state index < -0.39 is 10.0 Å². The summed E-state index contributed by atoms with van der Waals surface area (Å²) in [6.07, 6.45) is 1.66. The number of primary sulfonamides is 1. The molecule has 4 aromatic rings. The van der Waals surface area contributed by atoms with Crippen LogP contribution in [-0.4, -0.2) is 23.0 Å². The number of fused-ring (bicyclic) bond motifs is 3. The molecule has 0 saturated heterocycles. The average molecular weight is 382 g/mol. The van der Waals surface area contributed by atoms with Crippen molar-refractivity contribution >= 4 is 32.0 Å². The van der Waals surface area contributed by atoms with Gasteiger partial charge in [-0.3, -0.25) is 9.55 Å². The van der Waals surface area contributed by atoms with Crippen molar-refractivity contribution < 1.29 is 8.42 Å². The predicted octanol–water partition coefficient (Wildman–Crippen LogP) is 2.44. The second-order valence-electron chi connectivity index (χ2n) is 6.63. The number of H-pyrrole nitrogens is 1. The fourth-order valence-electron chi connectivity index (χ4n) is 3.37. The van der Waals surface area contributed by atoms with Crippen molar-refractivity contribution in [3.05, 3.63) is 70.3 Å². The topological polar surface area (TPSA) is 111 Å². The summed E-state index contributed by atoms with van der Waals surface area (Å²) < 4.78 is 24.6. The van der Waals surface area contributed by atoms with Crippen LogP contribution in [0, 0.1) is 6.92 Å². The van der Waals surface area contributed by atoms with Crippen molar-refractivity contribution in [2.24, 2.45) is 5.14 Å². The number of pyridine rings is 1. The number of aryl methyl sites for hydroxylation is 1. The molecular weight excluding hydrogens is 364 g/mol. The highest BCUT2D eigenvalue weighted by Gasteiger charge is 2.18. The molecule has 0 spiro atoms. The average Bonchev–Trinajstić information content (AvgIpc) is 2.96. The molecule has 0 aliphatic rings. The minimum Gasteiger partial charge on any atom is -0.304 e. The second kappa shape index (κ2) is 6.04. The van der Waals surface area contributed by atoms with Gasteiger partial charge in [0, 0.05) is 5.39 Å². The number of imidazole rings is 1. The molecule has 0 aliphatic heterocycles. The Balaban J connectivity index is 1.92. The Morgan fingerprint density at radius 3 is 2.52 bits per heavy atom. The molecule has 4 rings (SSSR count). The van der Waals surface area contributed by atoms with Gasteiger partial charge in [-0.05, 0) is 43.2 Å². The predicted molar refractivity (Wildman–Crippen MR) is 104 cm³/mol. The van der Waals surface area contributed by atoms with Crippen LogP contribution in [0.25, 0.3) is 21.9 Å². The molecule has 27 heavy (non-hydrogen) atoms. The molecule has 2 aromatic carbocycles. The van der Waals surface area contributed by atoms with E-state index in [1.807, 2.05) is 32.0 Å². The van der Waals surface area contributed by atoms with Gasteiger partial charge in [0.1, 0.15) is 0 Å². The van der Waals surface area contributed by atoms with Crippen LogP contribution in [0.1, 0.15) is 24.1 Å². The molecular formula is C19H18N4O3S. The van der Waals surface area contributed by atoms with Crippen molar-refractivity contribution in [2.45, 2.75) is 24.8 Å². The van der Waals surface area contributed by atoms with Gasteiger partial charge in [0.05, 0.1) is 33.7 Å². The van der Waals surface area contributed by atoms with E-state index in [-0.39, 0.29) is 16.6 Å². The second-order valence-corrected chi connectivity index (χ2v) is 8.19. The summed E-state index contributed by atoms with van der Waals surface area (Å²) in [4.78, 5) is 20.0. The maximum atomic E-state index is 12.7. The third-order valence-electron chi connectivity index (χ3n) is 4.78. The van der Waals surface area contributed by atoms with Crippen molar-refractivity contribution in [2.75, 3.05) is 0 Å². The molecule has 0 bridgehead atoms. The standard InChI is InChI=1S/C19H18N4O3S/c1-11-3-8-15-16(9-11)21-10-17-18(15)23(19(24)22-17)12(2)13-4-6-14(7-5-13)27(20,25)26/h3-10,12H,1-2H3,(H,22,24)(H2,20,25,26)/t12-/m1/s1. The van der Waals surface area contributed by atoms with E-state index in [2.05, 4.69) is 9.97 Å². The Labute approximate surface area is 155 Å². The Hall–Kier alpha value is -2.97. The van der Waals surface area contributed by atoms with Crippen LogP contribution in [0.3, 0.4) is 0 Å². The van der Waals surface area contributed by atoms with E-state index in [1.54, 1.807) is 22.9 Å². The molecule has 138 valence electrons. The van der Waals surface area contributed by atoms with Crippen molar-refractivity contribution in [3.63, 3.8) is 0 Å². The summed E-state index contributed by atoms with van der Waals surface area (Å²) in [6.45, 7) is 3.88. The van der Waals surface area contributed by atoms with Crippen LogP contribution in [0.2, 0.25) is 0 Å². The van der Waals surface area contributed by atoms with E-state index in [4.69, 9.17) is 5.14 Å². The third kappa shape index (κ3) is 2.92. The SMILES string of the molecule is Cc1ccc2c(c1)ncc1[nH]c(=O)n([C@H](C)c3ccc(S(N)(=O)=O)cc3)c12. The first-order valence-corrected chi connectivity index (χ1v) is 9.92. The fourth-order valence-corrected chi connectivity index (χ4v) is 3.89. The Kier molecular flexibility index (Phi) is 3.90. The number of hydrogen-bond donors (Lipinski definition) is 2. The molecule has 0 radical (unpaired) electrons. The molecule has 2 heterocycles. The van der Waals surface area contributed by atoms with Crippen molar-refractivity contribution in [3.8, 4) is 0 Å². The summed E-state index contributed by atoms with van der Waals surface area (Å²) in [5, 5.41) is 6.03. The molecule has 8 heteroatoms. The number of nitrogens with one attached hydrogen (secondary N) is 1. The largest absolute Gasteiger partial charge is 0.327 e. The first-order chi connectivity index (χ1) is 12.8. The Morgan fingerprint density at radius 2 is 1.85 bits per heavy atom. The molecule has 0 saturated carbocycles. The van der Waals surface area contributed by atoms with Gasteiger partial charge in [0.15, 0.2) is 0 Å². The van der Waals surface area contributed by atoms with Gasteiger partial charge in [-0.15, -0.1) is 0 Å². The van der Waals surface area contributed by atoms with E-state index in [0.29, 0.717) is 5.52 Å². The molecule has 7 nitrogen and oxygen atoms in total. The van der Waals surface area contributed by atoms with Gasteiger partial charge < -0.3 is 4.98 Å². The van der Waals surface area contributed by atoms with Gasteiger partial charge in [-0.2, -0.15) is 0 Å². The highest BCUT2D eigenvalue weighted by molar-refractivity contribution is 7.89. The Bertz CT molecular complexity index is 1340. The third-order valence-corrected chi connectivity index (χ3v) is 5.71. The van der Waals surface area contributed by atoms with Crippen LogP contribution >= 0.6 is 0 Å². The van der Waals surface area contributed by atoms with Gasteiger partial charge in [0.2, 0.25) is 10.0 Å². The van der Waals surface area contributed by atoms with E-state index in [0.717, 1.165) is 27.5 Å². The lowest BCUT2D eigenvalue weighted by Gasteiger charge is -2.15. The van der Waals surface area contributed by atoms with Crippen LogP contribution in [0.4, 0.5) is 0 Å². The quantitative estimate of drug-likeness (QED) is 0.567. The number of benzene rings is 2. The zero-order chi connectivity index (χ0) is 19.3. The van der Waals surface area contributed by atoms with Crippen LogP contribution < -0.4 is 10.8 Å². The van der Waals surface area contributed by atoms with Gasteiger partial charge in [-0.25, -0.2) is 18.4 Å². The smallest absolute Gasteiger partial charge is 0.304 e. The normalized spacial score (nSPS) is 13.3. The van der Waals surface area contributed by atoms with Crippen LogP contribution in [0.15, 0.2) is 58.4 Å². The molecule has 2 aromatic heterocycles. The first kappa shape index (κ1) is 17.4. The van der Waals surface area contributed by atoms with Crippen molar-refractivity contribution in [1.29, 1.82) is 0 Å². The maximum absolute atomic E-state index is 12.7. The highest BCUT2D eigenvalue weighted by Crippen LogP contribution is 2.27.